The summed E-state index contributed by atoms with van der Waals surface area (Å²) in [5.41, 5.74) is 7.96. The Morgan fingerprint density at radius 2 is 1.95 bits per heavy atom. The first-order valence-corrected chi connectivity index (χ1v) is 7.93. The third-order valence-electron chi connectivity index (χ3n) is 2.77. The number of hydrogen-bond acceptors (Lipinski definition) is 3. The maximum atomic E-state index is 11.9. The molecule has 0 radical (unpaired) electrons. The number of carbonyl (C=O) groups excluding carboxylic acids is 1. The molecule has 0 aliphatic heterocycles. The van der Waals surface area contributed by atoms with E-state index in [1.807, 2.05) is 19.1 Å². The first kappa shape index (κ1) is 16.0. The summed E-state index contributed by atoms with van der Waals surface area (Å²) in [6, 6.07) is 10.6. The van der Waals surface area contributed by atoms with Crippen LogP contribution in [0.1, 0.15) is 5.56 Å². The van der Waals surface area contributed by atoms with Gasteiger partial charge in [0.1, 0.15) is 0 Å². The van der Waals surface area contributed by atoms with E-state index in [0.717, 1.165) is 10.5 Å². The largest absolute Gasteiger partial charge is 0.399 e. The Hall–Kier alpha value is -1.36. The minimum Gasteiger partial charge on any atom is -0.399 e. The van der Waals surface area contributed by atoms with Crippen molar-refractivity contribution in [2.75, 3.05) is 16.8 Å². The monoisotopic (exact) mass is 340 g/mol. The van der Waals surface area contributed by atoms with E-state index in [2.05, 4.69) is 5.32 Å². The average Bonchev–Trinajstić information content (AvgIpc) is 2.44. The van der Waals surface area contributed by atoms with Crippen LogP contribution >= 0.6 is 35.0 Å². The van der Waals surface area contributed by atoms with Gasteiger partial charge < -0.3 is 11.1 Å². The zero-order valence-electron chi connectivity index (χ0n) is 11.3. The number of nitrogens with two attached hydrogens (primary N) is 1. The van der Waals surface area contributed by atoms with E-state index in [1.54, 1.807) is 24.3 Å². The number of amides is 1. The van der Waals surface area contributed by atoms with Crippen LogP contribution in [0.15, 0.2) is 41.3 Å². The number of rotatable bonds is 4. The van der Waals surface area contributed by atoms with Crippen molar-refractivity contribution in [2.45, 2.75) is 11.8 Å². The Labute approximate surface area is 137 Å². The minimum absolute atomic E-state index is 0.126. The SMILES string of the molecule is Cc1ccc(NC(=O)CSc2cc(N)ccc2Cl)cc1Cl. The molecule has 0 heterocycles. The van der Waals surface area contributed by atoms with Crippen LogP contribution in [-0.4, -0.2) is 11.7 Å². The third-order valence-corrected chi connectivity index (χ3v) is 4.67. The zero-order valence-corrected chi connectivity index (χ0v) is 13.6. The fourth-order valence-electron chi connectivity index (χ4n) is 1.64. The maximum Gasteiger partial charge on any atom is 0.234 e. The molecule has 1 amide bonds. The summed E-state index contributed by atoms with van der Waals surface area (Å²) >= 11 is 13.4. The molecule has 0 bridgehead atoms. The van der Waals surface area contributed by atoms with Gasteiger partial charge in [-0.2, -0.15) is 0 Å². The zero-order chi connectivity index (χ0) is 15.4. The van der Waals surface area contributed by atoms with E-state index in [4.69, 9.17) is 28.9 Å². The molecule has 3 nitrogen and oxygen atoms in total. The van der Waals surface area contributed by atoms with Crippen LogP contribution in [0.5, 0.6) is 0 Å². The highest BCUT2D eigenvalue weighted by molar-refractivity contribution is 8.00. The molecule has 0 aromatic heterocycles. The number of aryl methyl sites for hydroxylation is 1. The highest BCUT2D eigenvalue weighted by Crippen LogP contribution is 2.29. The fraction of sp³-hybridized carbons (Fsp3) is 0.133. The predicted octanol–water partition coefficient (Wildman–Crippen LogP) is 4.61. The van der Waals surface area contributed by atoms with Crippen molar-refractivity contribution in [3.05, 3.63) is 52.0 Å². The molecule has 3 N–H and O–H groups in total. The van der Waals surface area contributed by atoms with Gasteiger partial charge in [-0.05, 0) is 42.8 Å². The number of anilines is 2. The molecule has 2 aromatic rings. The van der Waals surface area contributed by atoms with Crippen molar-refractivity contribution in [2.24, 2.45) is 0 Å². The second-order valence-corrected chi connectivity index (χ2v) is 6.32. The van der Waals surface area contributed by atoms with Crippen LogP contribution in [0.3, 0.4) is 0 Å². The molecule has 0 fully saturated rings. The quantitative estimate of drug-likeness (QED) is 0.630. The van der Waals surface area contributed by atoms with Crippen LogP contribution in [0.4, 0.5) is 11.4 Å². The Morgan fingerprint density at radius 3 is 2.67 bits per heavy atom. The second-order valence-electron chi connectivity index (χ2n) is 4.49. The summed E-state index contributed by atoms with van der Waals surface area (Å²) in [7, 11) is 0. The number of nitrogens with one attached hydrogen (secondary N) is 1. The van der Waals surface area contributed by atoms with Gasteiger partial charge in [0.25, 0.3) is 0 Å². The molecule has 0 saturated carbocycles. The molecule has 0 aliphatic rings. The Bertz CT molecular complexity index is 677. The highest BCUT2D eigenvalue weighted by Gasteiger charge is 2.07. The number of hydrogen-bond donors (Lipinski definition) is 2. The molecule has 0 aliphatic carbocycles. The third kappa shape index (κ3) is 4.56. The lowest BCUT2D eigenvalue weighted by atomic mass is 10.2. The van der Waals surface area contributed by atoms with E-state index in [9.17, 15) is 4.79 Å². The van der Waals surface area contributed by atoms with E-state index >= 15 is 0 Å². The van der Waals surface area contributed by atoms with Gasteiger partial charge in [0.15, 0.2) is 0 Å². The number of thioether (sulfide) groups is 1. The first-order valence-electron chi connectivity index (χ1n) is 6.19. The molecular formula is C15H14Cl2N2OS. The standard InChI is InChI=1S/C15H14Cl2N2OS/c1-9-2-4-11(7-13(9)17)19-15(20)8-21-14-6-10(18)3-5-12(14)16/h2-7H,8,18H2,1H3,(H,19,20). The summed E-state index contributed by atoms with van der Waals surface area (Å²) in [5, 5.41) is 4.00. The van der Waals surface area contributed by atoms with E-state index in [0.29, 0.717) is 21.4 Å². The molecule has 0 unspecified atom stereocenters. The van der Waals surface area contributed by atoms with Crippen molar-refractivity contribution >= 4 is 52.2 Å². The summed E-state index contributed by atoms with van der Waals surface area (Å²) in [4.78, 5) is 12.7. The van der Waals surface area contributed by atoms with Crippen molar-refractivity contribution in [3.8, 4) is 0 Å². The van der Waals surface area contributed by atoms with E-state index in [1.165, 1.54) is 11.8 Å². The lowest BCUT2D eigenvalue weighted by Crippen LogP contribution is -2.14. The van der Waals surface area contributed by atoms with Crippen LogP contribution in [0.25, 0.3) is 0 Å². The molecule has 0 spiro atoms. The lowest BCUT2D eigenvalue weighted by Gasteiger charge is -2.08. The molecule has 6 heteroatoms. The van der Waals surface area contributed by atoms with Gasteiger partial charge in [0.2, 0.25) is 5.91 Å². The summed E-state index contributed by atoms with van der Waals surface area (Å²) in [6.07, 6.45) is 0. The van der Waals surface area contributed by atoms with E-state index in [-0.39, 0.29) is 11.7 Å². The summed E-state index contributed by atoms with van der Waals surface area (Å²) in [6.45, 7) is 1.91. The topological polar surface area (TPSA) is 55.1 Å². The van der Waals surface area contributed by atoms with Gasteiger partial charge >= 0.3 is 0 Å². The van der Waals surface area contributed by atoms with Crippen molar-refractivity contribution in [1.82, 2.24) is 0 Å². The molecule has 21 heavy (non-hydrogen) atoms. The number of halogens is 2. The van der Waals surface area contributed by atoms with Gasteiger partial charge in [-0.15, -0.1) is 11.8 Å². The van der Waals surface area contributed by atoms with Crippen LogP contribution in [-0.2, 0) is 4.79 Å². The van der Waals surface area contributed by atoms with Crippen LogP contribution in [0, 0.1) is 6.92 Å². The Morgan fingerprint density at radius 1 is 1.19 bits per heavy atom. The van der Waals surface area contributed by atoms with Gasteiger partial charge in [0, 0.05) is 21.3 Å². The Kier molecular flexibility index (Phi) is 5.39. The maximum absolute atomic E-state index is 11.9. The van der Waals surface area contributed by atoms with E-state index < -0.39 is 0 Å². The smallest absolute Gasteiger partial charge is 0.234 e. The normalized spacial score (nSPS) is 10.4. The van der Waals surface area contributed by atoms with Gasteiger partial charge in [0.05, 0.1) is 10.8 Å². The average molecular weight is 341 g/mol. The van der Waals surface area contributed by atoms with Crippen LogP contribution in [0.2, 0.25) is 10.0 Å². The minimum atomic E-state index is -0.126. The van der Waals surface area contributed by atoms with Crippen LogP contribution < -0.4 is 11.1 Å². The van der Waals surface area contributed by atoms with Crippen molar-refractivity contribution in [3.63, 3.8) is 0 Å². The number of nitrogen functional groups attached to an aromatic ring is 1. The number of carbonyl (C=O) groups is 1. The summed E-state index contributed by atoms with van der Waals surface area (Å²) < 4.78 is 0. The molecule has 0 atom stereocenters. The van der Waals surface area contributed by atoms with Gasteiger partial charge in [-0.1, -0.05) is 29.3 Å². The highest BCUT2D eigenvalue weighted by atomic mass is 35.5. The van der Waals surface area contributed by atoms with Crippen molar-refractivity contribution < 1.29 is 4.79 Å². The molecule has 2 aromatic carbocycles. The van der Waals surface area contributed by atoms with Crippen molar-refractivity contribution in [1.29, 1.82) is 0 Å². The second kappa shape index (κ2) is 7.07. The molecule has 0 saturated heterocycles. The molecular weight excluding hydrogens is 327 g/mol. The Balaban J connectivity index is 1.95. The predicted molar refractivity (Wildman–Crippen MR) is 91.4 cm³/mol. The molecule has 110 valence electrons. The van der Waals surface area contributed by atoms with Gasteiger partial charge in [-0.25, -0.2) is 0 Å². The summed E-state index contributed by atoms with van der Waals surface area (Å²) in [5.74, 6) is 0.118. The lowest BCUT2D eigenvalue weighted by molar-refractivity contribution is -0.113. The first-order chi connectivity index (χ1) is 9.95. The van der Waals surface area contributed by atoms with Gasteiger partial charge in [-0.3, -0.25) is 4.79 Å². The fourth-order valence-corrected chi connectivity index (χ4v) is 2.89. The number of benzene rings is 2. The molecule has 2 rings (SSSR count).